The van der Waals surface area contributed by atoms with E-state index < -0.39 is 11.9 Å². The molecule has 2 aromatic carbocycles. The molecule has 5 heteroatoms. The highest BCUT2D eigenvalue weighted by molar-refractivity contribution is 7.17. The molecular weight excluding hydrogens is 295 g/mol. The van der Waals surface area contributed by atoms with Gasteiger partial charge in [-0.05, 0) is 28.5 Å². The summed E-state index contributed by atoms with van der Waals surface area (Å²) in [5, 5.41) is 3.23. The Labute approximate surface area is 125 Å². The van der Waals surface area contributed by atoms with Crippen molar-refractivity contribution < 1.29 is 4.39 Å². The number of nitrogens with one attached hydrogen (secondary N) is 1. The molecule has 0 amide bonds. The van der Waals surface area contributed by atoms with E-state index in [1.807, 2.05) is 29.6 Å². The Morgan fingerprint density at radius 1 is 1.10 bits per heavy atom. The molecule has 1 unspecified atom stereocenters. The lowest BCUT2D eigenvalue weighted by Crippen LogP contribution is -2.29. The zero-order chi connectivity index (χ0) is 14.1. The van der Waals surface area contributed by atoms with Crippen molar-refractivity contribution in [2.75, 3.05) is 0 Å². The van der Waals surface area contributed by atoms with Crippen LogP contribution >= 0.6 is 22.9 Å². The number of fused-ring (bicyclic) bond motifs is 1. The van der Waals surface area contributed by atoms with Crippen molar-refractivity contribution in [3.63, 3.8) is 0 Å². The Morgan fingerprint density at radius 3 is 2.65 bits per heavy atom. The van der Waals surface area contributed by atoms with E-state index in [1.54, 1.807) is 23.5 Å². The van der Waals surface area contributed by atoms with E-state index in [-0.39, 0.29) is 5.02 Å². The summed E-state index contributed by atoms with van der Waals surface area (Å²) in [5.74, 6) is 5.22. The molecule has 0 fully saturated rings. The quantitative estimate of drug-likeness (QED) is 0.561. The molecule has 3 rings (SSSR count). The van der Waals surface area contributed by atoms with Gasteiger partial charge in [0.25, 0.3) is 0 Å². The molecule has 102 valence electrons. The lowest BCUT2D eigenvalue weighted by Gasteiger charge is -2.18. The average molecular weight is 307 g/mol. The summed E-state index contributed by atoms with van der Waals surface area (Å²) in [7, 11) is 0. The third kappa shape index (κ3) is 2.21. The molecule has 0 aliphatic heterocycles. The Bertz CT molecular complexity index is 756. The van der Waals surface area contributed by atoms with Gasteiger partial charge < -0.3 is 0 Å². The first-order valence-electron chi connectivity index (χ1n) is 6.08. The molecule has 0 spiro atoms. The Balaban J connectivity index is 2.19. The zero-order valence-electron chi connectivity index (χ0n) is 10.4. The van der Waals surface area contributed by atoms with Crippen molar-refractivity contribution in [2.24, 2.45) is 5.84 Å². The average Bonchev–Trinajstić information content (AvgIpc) is 2.93. The van der Waals surface area contributed by atoms with Gasteiger partial charge in [-0.15, -0.1) is 11.3 Å². The van der Waals surface area contributed by atoms with Gasteiger partial charge in [0.1, 0.15) is 5.82 Å². The Kier molecular flexibility index (Phi) is 3.72. The second-order valence-corrected chi connectivity index (χ2v) is 5.75. The number of benzene rings is 2. The predicted octanol–water partition coefficient (Wildman–Crippen LogP) is 4.25. The van der Waals surface area contributed by atoms with Gasteiger partial charge in [-0.25, -0.2) is 9.82 Å². The summed E-state index contributed by atoms with van der Waals surface area (Å²) in [5.41, 5.74) is 4.08. The lowest BCUT2D eigenvalue weighted by atomic mass is 9.98. The largest absolute Gasteiger partial charge is 0.271 e. The van der Waals surface area contributed by atoms with E-state index in [0.29, 0.717) is 5.56 Å². The van der Waals surface area contributed by atoms with Gasteiger partial charge in [-0.1, -0.05) is 41.9 Å². The van der Waals surface area contributed by atoms with E-state index >= 15 is 0 Å². The van der Waals surface area contributed by atoms with E-state index in [0.717, 1.165) is 15.6 Å². The van der Waals surface area contributed by atoms with Crippen molar-refractivity contribution >= 4 is 33.0 Å². The van der Waals surface area contributed by atoms with Crippen LogP contribution in [0.1, 0.15) is 17.2 Å². The first-order valence-corrected chi connectivity index (χ1v) is 7.34. The SMILES string of the molecule is NNC(c1cccc(Cl)c1F)c1cccc2ccsc12. The summed E-state index contributed by atoms with van der Waals surface area (Å²) in [6.07, 6.45) is 0. The summed E-state index contributed by atoms with van der Waals surface area (Å²) >= 11 is 7.47. The molecule has 1 heterocycles. The maximum Gasteiger partial charge on any atom is 0.146 e. The van der Waals surface area contributed by atoms with Crippen LogP contribution in [0, 0.1) is 5.82 Å². The topological polar surface area (TPSA) is 38.0 Å². The molecule has 0 saturated heterocycles. The van der Waals surface area contributed by atoms with Gasteiger partial charge in [0.15, 0.2) is 0 Å². The standard InChI is InChI=1S/C15H12ClFN2S/c16-12-6-2-4-10(13(12)17)14(19-18)11-5-1-3-9-7-8-20-15(9)11/h1-8,14,19H,18H2. The first-order chi connectivity index (χ1) is 9.72. The zero-order valence-corrected chi connectivity index (χ0v) is 12.0. The molecule has 0 aliphatic carbocycles. The van der Waals surface area contributed by atoms with Crippen LogP contribution in [0.5, 0.6) is 0 Å². The number of hydrazine groups is 1. The fourth-order valence-electron chi connectivity index (χ4n) is 2.33. The third-order valence-electron chi connectivity index (χ3n) is 3.28. The normalized spacial score (nSPS) is 12.8. The number of nitrogens with two attached hydrogens (primary N) is 1. The summed E-state index contributed by atoms with van der Waals surface area (Å²) in [4.78, 5) is 0. The maximum atomic E-state index is 14.2. The summed E-state index contributed by atoms with van der Waals surface area (Å²) < 4.78 is 15.3. The number of halogens is 2. The molecular formula is C15H12ClFN2S. The Morgan fingerprint density at radius 2 is 1.85 bits per heavy atom. The van der Waals surface area contributed by atoms with Crippen LogP contribution in [0.2, 0.25) is 5.02 Å². The molecule has 20 heavy (non-hydrogen) atoms. The van der Waals surface area contributed by atoms with Gasteiger partial charge in [0.2, 0.25) is 0 Å². The van der Waals surface area contributed by atoms with Crippen LogP contribution in [0.15, 0.2) is 47.8 Å². The highest BCUT2D eigenvalue weighted by atomic mass is 35.5. The van der Waals surface area contributed by atoms with E-state index in [9.17, 15) is 4.39 Å². The minimum atomic E-state index is -0.439. The molecule has 0 aliphatic rings. The van der Waals surface area contributed by atoms with Crippen LogP contribution in [0.3, 0.4) is 0 Å². The maximum absolute atomic E-state index is 14.2. The molecule has 3 N–H and O–H groups in total. The number of thiophene rings is 1. The second-order valence-electron chi connectivity index (χ2n) is 4.43. The van der Waals surface area contributed by atoms with Crippen LogP contribution < -0.4 is 11.3 Å². The third-order valence-corrected chi connectivity index (χ3v) is 4.55. The van der Waals surface area contributed by atoms with Crippen molar-refractivity contribution in [3.8, 4) is 0 Å². The molecule has 0 radical (unpaired) electrons. The molecule has 0 saturated carbocycles. The van der Waals surface area contributed by atoms with E-state index in [1.165, 1.54) is 6.07 Å². The highest BCUT2D eigenvalue weighted by Gasteiger charge is 2.20. The molecule has 3 aromatic rings. The Hall–Kier alpha value is -1.46. The molecule has 2 nitrogen and oxygen atoms in total. The van der Waals surface area contributed by atoms with Gasteiger partial charge in [0, 0.05) is 10.3 Å². The number of hydrogen-bond acceptors (Lipinski definition) is 3. The van der Waals surface area contributed by atoms with Crippen LogP contribution in [0.25, 0.3) is 10.1 Å². The van der Waals surface area contributed by atoms with Gasteiger partial charge in [-0.2, -0.15) is 0 Å². The van der Waals surface area contributed by atoms with Crippen molar-refractivity contribution in [3.05, 3.63) is 69.8 Å². The number of rotatable bonds is 3. The second kappa shape index (κ2) is 5.50. The van der Waals surface area contributed by atoms with Crippen LogP contribution in [0.4, 0.5) is 4.39 Å². The first kappa shape index (κ1) is 13.5. The van der Waals surface area contributed by atoms with Gasteiger partial charge >= 0.3 is 0 Å². The fourth-order valence-corrected chi connectivity index (χ4v) is 3.46. The summed E-state index contributed by atoms with van der Waals surface area (Å²) in [6, 6.07) is 12.5. The molecule has 1 aromatic heterocycles. The van der Waals surface area contributed by atoms with Crippen LogP contribution in [-0.2, 0) is 0 Å². The van der Waals surface area contributed by atoms with Crippen molar-refractivity contribution in [1.29, 1.82) is 0 Å². The molecule has 0 bridgehead atoms. The monoisotopic (exact) mass is 306 g/mol. The van der Waals surface area contributed by atoms with Gasteiger partial charge in [0.05, 0.1) is 11.1 Å². The fraction of sp³-hybridized carbons (Fsp3) is 0.0667. The summed E-state index contributed by atoms with van der Waals surface area (Å²) in [6.45, 7) is 0. The van der Waals surface area contributed by atoms with E-state index in [2.05, 4.69) is 5.43 Å². The highest BCUT2D eigenvalue weighted by Crippen LogP contribution is 2.34. The number of hydrogen-bond donors (Lipinski definition) is 2. The predicted molar refractivity (Wildman–Crippen MR) is 82.4 cm³/mol. The lowest BCUT2D eigenvalue weighted by molar-refractivity contribution is 0.562. The minimum absolute atomic E-state index is 0.0982. The smallest absolute Gasteiger partial charge is 0.146 e. The van der Waals surface area contributed by atoms with E-state index in [4.69, 9.17) is 17.4 Å². The van der Waals surface area contributed by atoms with Crippen molar-refractivity contribution in [2.45, 2.75) is 6.04 Å². The van der Waals surface area contributed by atoms with Gasteiger partial charge in [-0.3, -0.25) is 5.84 Å². The molecule has 1 atom stereocenters. The minimum Gasteiger partial charge on any atom is -0.271 e. The van der Waals surface area contributed by atoms with Crippen LogP contribution in [-0.4, -0.2) is 0 Å². The van der Waals surface area contributed by atoms with Crippen molar-refractivity contribution in [1.82, 2.24) is 5.43 Å².